The van der Waals surface area contributed by atoms with Crippen LogP contribution in [-0.2, 0) is 4.74 Å². The third kappa shape index (κ3) is 3.92. The summed E-state index contributed by atoms with van der Waals surface area (Å²) >= 11 is 1.39. The number of urea groups is 1. The summed E-state index contributed by atoms with van der Waals surface area (Å²) in [6, 6.07) is 5.60. The summed E-state index contributed by atoms with van der Waals surface area (Å²) in [6.45, 7) is 2.49. The fraction of sp³-hybridized carbons (Fsp3) is 0.278. The van der Waals surface area contributed by atoms with Gasteiger partial charge < -0.3 is 10.1 Å². The zero-order valence-corrected chi connectivity index (χ0v) is 15.8. The van der Waals surface area contributed by atoms with E-state index in [1.807, 2.05) is 13.0 Å². The van der Waals surface area contributed by atoms with E-state index in [9.17, 15) is 9.59 Å². The Balaban J connectivity index is 1.53. The van der Waals surface area contributed by atoms with Crippen molar-refractivity contribution in [2.24, 2.45) is 0 Å². The molecular formula is C18H18N6O3S. The number of rotatable bonds is 4. The minimum absolute atomic E-state index is 0.258. The van der Waals surface area contributed by atoms with Gasteiger partial charge in [-0.1, -0.05) is 0 Å². The van der Waals surface area contributed by atoms with E-state index in [4.69, 9.17) is 4.74 Å². The van der Waals surface area contributed by atoms with Crippen molar-refractivity contribution in [3.8, 4) is 11.3 Å². The van der Waals surface area contributed by atoms with Gasteiger partial charge in [-0.3, -0.25) is 15.1 Å². The first-order chi connectivity index (χ1) is 13.6. The molecule has 28 heavy (non-hydrogen) atoms. The van der Waals surface area contributed by atoms with Gasteiger partial charge in [0.2, 0.25) is 0 Å². The van der Waals surface area contributed by atoms with Gasteiger partial charge in [-0.15, -0.1) is 11.3 Å². The Labute approximate surface area is 164 Å². The van der Waals surface area contributed by atoms with Crippen LogP contribution in [0.5, 0.6) is 0 Å². The summed E-state index contributed by atoms with van der Waals surface area (Å²) in [7, 11) is 0. The molecule has 10 heteroatoms. The van der Waals surface area contributed by atoms with E-state index >= 15 is 0 Å². The van der Waals surface area contributed by atoms with Crippen LogP contribution in [-0.4, -0.2) is 45.0 Å². The fourth-order valence-corrected chi connectivity index (χ4v) is 3.63. The minimum atomic E-state index is -0.409. The number of amides is 2. The largest absolute Gasteiger partial charge is 0.377 e. The van der Waals surface area contributed by atoms with Crippen molar-refractivity contribution in [3.63, 3.8) is 0 Å². The van der Waals surface area contributed by atoms with E-state index in [2.05, 4.69) is 25.7 Å². The Morgan fingerprint density at radius 1 is 1.29 bits per heavy atom. The molecular weight excluding hydrogens is 380 g/mol. The van der Waals surface area contributed by atoms with E-state index < -0.39 is 18.1 Å². The number of carbonyl (C=O) groups excluding carboxylic acids is 1. The quantitative estimate of drug-likeness (QED) is 0.694. The number of carbonyl (C=O) groups is 1. The molecule has 0 spiro atoms. The van der Waals surface area contributed by atoms with E-state index in [1.54, 1.807) is 30.7 Å². The van der Waals surface area contributed by atoms with Gasteiger partial charge in [0.15, 0.2) is 5.13 Å². The lowest BCUT2D eigenvalue weighted by atomic mass is 10.1. The van der Waals surface area contributed by atoms with Crippen LogP contribution in [0.1, 0.15) is 10.9 Å². The van der Waals surface area contributed by atoms with Crippen molar-refractivity contribution in [3.05, 3.63) is 58.1 Å². The van der Waals surface area contributed by atoms with Crippen LogP contribution >= 0.6 is 11.3 Å². The van der Waals surface area contributed by atoms with Crippen molar-refractivity contribution < 1.29 is 9.53 Å². The molecule has 0 aromatic carbocycles. The summed E-state index contributed by atoms with van der Waals surface area (Å²) in [6.07, 6.45) is 5.05. The Hall–Kier alpha value is -3.11. The normalized spacial score (nSPS) is 18.8. The van der Waals surface area contributed by atoms with Crippen LogP contribution in [0.15, 0.2) is 47.7 Å². The van der Waals surface area contributed by atoms with E-state index in [0.717, 1.165) is 10.4 Å². The van der Waals surface area contributed by atoms with Crippen LogP contribution < -0.4 is 16.2 Å². The van der Waals surface area contributed by atoms with Gasteiger partial charge >= 0.3 is 6.03 Å². The lowest BCUT2D eigenvalue weighted by Gasteiger charge is -2.20. The lowest BCUT2D eigenvalue weighted by Crippen LogP contribution is -2.45. The molecule has 2 amide bonds. The topological polar surface area (TPSA) is 111 Å². The van der Waals surface area contributed by atoms with Gasteiger partial charge in [0.25, 0.3) is 5.56 Å². The van der Waals surface area contributed by atoms with Crippen LogP contribution in [0.2, 0.25) is 0 Å². The molecule has 3 aromatic heterocycles. The first-order valence-corrected chi connectivity index (χ1v) is 9.50. The molecule has 0 aliphatic carbocycles. The third-order valence-corrected chi connectivity index (χ3v) is 5.13. The summed E-state index contributed by atoms with van der Waals surface area (Å²) < 4.78 is 6.88. The summed E-state index contributed by atoms with van der Waals surface area (Å²) in [4.78, 5) is 33.9. The number of nitrogens with zero attached hydrogens (tertiary/aromatic N) is 4. The van der Waals surface area contributed by atoms with Gasteiger partial charge in [-0.05, 0) is 25.1 Å². The monoisotopic (exact) mass is 398 g/mol. The van der Waals surface area contributed by atoms with Crippen molar-refractivity contribution in [2.75, 3.05) is 18.5 Å². The number of hydrogen-bond donors (Lipinski definition) is 2. The number of pyridine rings is 1. The molecule has 4 rings (SSSR count). The van der Waals surface area contributed by atoms with Crippen molar-refractivity contribution in [1.82, 2.24) is 25.1 Å². The Bertz CT molecular complexity index is 1040. The van der Waals surface area contributed by atoms with Crippen molar-refractivity contribution in [2.45, 2.75) is 19.0 Å². The molecule has 1 aliphatic rings. The molecule has 1 fully saturated rings. The van der Waals surface area contributed by atoms with Gasteiger partial charge in [0.05, 0.1) is 24.9 Å². The van der Waals surface area contributed by atoms with E-state index in [0.29, 0.717) is 17.4 Å². The third-order valence-electron chi connectivity index (χ3n) is 4.31. The molecule has 1 aliphatic heterocycles. The summed E-state index contributed by atoms with van der Waals surface area (Å²) in [5, 5.41) is 10.5. The molecule has 4 heterocycles. The lowest BCUT2D eigenvalue weighted by molar-refractivity contribution is 0.181. The highest BCUT2D eigenvalue weighted by atomic mass is 32.1. The molecule has 3 aromatic rings. The second-order valence-electron chi connectivity index (χ2n) is 6.33. The Morgan fingerprint density at radius 3 is 2.93 bits per heavy atom. The summed E-state index contributed by atoms with van der Waals surface area (Å²) in [5.41, 5.74) is 1.17. The van der Waals surface area contributed by atoms with Crippen LogP contribution in [0.3, 0.4) is 0 Å². The standard InChI is InChI=1S/C18H18N6O3S/c1-11-7-20-18(28-11)22-17(26)21-14-9-27-10-15(14)24-16(25)5-4-13(23-24)12-3-2-6-19-8-12/h2-8,14-15H,9-10H2,1H3,(H2,20,21,22,26). The van der Waals surface area contributed by atoms with E-state index in [-0.39, 0.29) is 12.2 Å². The predicted octanol–water partition coefficient (Wildman–Crippen LogP) is 1.83. The smallest absolute Gasteiger partial charge is 0.321 e. The molecule has 0 saturated carbocycles. The maximum Gasteiger partial charge on any atom is 0.321 e. The van der Waals surface area contributed by atoms with Gasteiger partial charge in [-0.25, -0.2) is 14.5 Å². The molecule has 2 atom stereocenters. The number of aryl methyl sites for hydroxylation is 1. The highest BCUT2D eigenvalue weighted by molar-refractivity contribution is 7.15. The Kier molecular flexibility index (Phi) is 5.13. The number of hydrogen-bond acceptors (Lipinski definition) is 7. The van der Waals surface area contributed by atoms with Gasteiger partial charge in [-0.2, -0.15) is 5.10 Å². The minimum Gasteiger partial charge on any atom is -0.377 e. The first kappa shape index (κ1) is 18.3. The summed E-state index contributed by atoms with van der Waals surface area (Å²) in [5.74, 6) is 0. The van der Waals surface area contributed by atoms with Crippen LogP contribution in [0.25, 0.3) is 11.3 Å². The highest BCUT2D eigenvalue weighted by Gasteiger charge is 2.33. The van der Waals surface area contributed by atoms with Gasteiger partial charge in [0, 0.05) is 35.1 Å². The highest BCUT2D eigenvalue weighted by Crippen LogP contribution is 2.21. The number of thiazole rings is 1. The average Bonchev–Trinajstić information content (AvgIpc) is 3.31. The molecule has 2 unspecified atom stereocenters. The molecule has 2 N–H and O–H groups in total. The first-order valence-electron chi connectivity index (χ1n) is 8.68. The molecule has 0 bridgehead atoms. The maximum atomic E-state index is 12.4. The fourth-order valence-electron chi connectivity index (χ4n) is 2.97. The van der Waals surface area contributed by atoms with Crippen molar-refractivity contribution >= 4 is 22.5 Å². The molecule has 144 valence electrons. The number of anilines is 1. The van der Waals surface area contributed by atoms with Crippen LogP contribution in [0.4, 0.5) is 9.93 Å². The van der Waals surface area contributed by atoms with Crippen molar-refractivity contribution in [1.29, 1.82) is 0 Å². The Morgan fingerprint density at radius 2 is 2.18 bits per heavy atom. The number of aromatic nitrogens is 4. The molecule has 1 saturated heterocycles. The average molecular weight is 398 g/mol. The zero-order valence-electron chi connectivity index (χ0n) is 15.0. The van der Waals surface area contributed by atoms with E-state index in [1.165, 1.54) is 22.1 Å². The maximum absolute atomic E-state index is 12.4. The molecule has 0 radical (unpaired) electrons. The number of nitrogens with one attached hydrogen (secondary N) is 2. The molecule has 9 nitrogen and oxygen atoms in total. The zero-order chi connectivity index (χ0) is 19.5. The van der Waals surface area contributed by atoms with Crippen LogP contribution in [0, 0.1) is 6.92 Å². The number of ether oxygens (including phenoxy) is 1. The predicted molar refractivity (Wildman–Crippen MR) is 104 cm³/mol. The second-order valence-corrected chi connectivity index (χ2v) is 7.56. The SMILES string of the molecule is Cc1cnc(NC(=O)NC2COCC2n2nc(-c3cccnc3)ccc2=O)s1. The van der Waals surface area contributed by atoms with Gasteiger partial charge in [0.1, 0.15) is 6.04 Å². The second kappa shape index (κ2) is 7.87.